The lowest BCUT2D eigenvalue weighted by molar-refractivity contribution is -0.136. The number of nitrogens with zero attached hydrogens (tertiary/aromatic N) is 1. The van der Waals surface area contributed by atoms with Crippen LogP contribution in [0.1, 0.15) is 29.2 Å². The topological polar surface area (TPSA) is 32.3 Å². The van der Waals surface area contributed by atoms with Crippen LogP contribution >= 0.6 is 11.6 Å². The van der Waals surface area contributed by atoms with E-state index in [1.54, 1.807) is 0 Å². The van der Waals surface area contributed by atoms with Crippen molar-refractivity contribution >= 4 is 17.5 Å². The van der Waals surface area contributed by atoms with Gasteiger partial charge in [-0.05, 0) is 41.7 Å². The van der Waals surface area contributed by atoms with E-state index in [0.29, 0.717) is 24.5 Å². The zero-order valence-corrected chi connectivity index (χ0v) is 18.2. The van der Waals surface area contributed by atoms with Crippen molar-refractivity contribution in [3.8, 4) is 0 Å². The number of halogens is 1. The van der Waals surface area contributed by atoms with Crippen LogP contribution < -0.4 is 5.32 Å². The minimum atomic E-state index is -0.288. The predicted molar refractivity (Wildman–Crippen MR) is 127 cm³/mol. The highest BCUT2D eigenvalue weighted by Gasteiger charge is 2.31. The van der Waals surface area contributed by atoms with Gasteiger partial charge in [0.2, 0.25) is 5.91 Å². The van der Waals surface area contributed by atoms with Gasteiger partial charge in [-0.25, -0.2) is 0 Å². The fraction of sp³-hybridized carbons (Fsp3) is 0.222. The molecule has 3 aromatic rings. The highest BCUT2D eigenvalue weighted by Crippen LogP contribution is 2.29. The molecule has 3 aromatic carbocycles. The molecule has 1 amide bonds. The zero-order chi connectivity index (χ0) is 21.5. The number of carbonyl (C=O) groups is 1. The minimum Gasteiger partial charge on any atom is -0.330 e. The lowest BCUT2D eigenvalue weighted by Crippen LogP contribution is -2.48. The van der Waals surface area contributed by atoms with Gasteiger partial charge in [0, 0.05) is 18.1 Å². The molecular formula is C27H27ClN2O. The van der Waals surface area contributed by atoms with Crippen molar-refractivity contribution in [3.05, 3.63) is 119 Å². The maximum absolute atomic E-state index is 13.9. The Labute approximate surface area is 189 Å². The van der Waals surface area contributed by atoms with E-state index < -0.39 is 0 Å². The Hall–Kier alpha value is -2.88. The summed E-state index contributed by atoms with van der Waals surface area (Å²) < 4.78 is 0. The van der Waals surface area contributed by atoms with Gasteiger partial charge in [0.15, 0.2) is 0 Å². The molecule has 0 fully saturated rings. The number of benzene rings is 3. The Kier molecular flexibility index (Phi) is 7.18. The first kappa shape index (κ1) is 21.4. The molecule has 0 aliphatic carbocycles. The number of amides is 1. The van der Waals surface area contributed by atoms with Crippen LogP contribution in [-0.4, -0.2) is 23.4 Å². The fourth-order valence-corrected chi connectivity index (χ4v) is 4.19. The number of hydrogen-bond donors (Lipinski definition) is 1. The van der Waals surface area contributed by atoms with Gasteiger partial charge in [-0.15, -0.1) is 0 Å². The lowest BCUT2D eigenvalue weighted by atomic mass is 9.98. The van der Waals surface area contributed by atoms with Gasteiger partial charge >= 0.3 is 0 Å². The van der Waals surface area contributed by atoms with Crippen LogP contribution in [0.25, 0.3) is 0 Å². The van der Waals surface area contributed by atoms with Crippen LogP contribution in [0.3, 0.4) is 0 Å². The molecule has 4 rings (SSSR count). The summed E-state index contributed by atoms with van der Waals surface area (Å²) in [5.74, 6) is 0.122. The highest BCUT2D eigenvalue weighted by molar-refractivity contribution is 6.30. The monoisotopic (exact) mass is 430 g/mol. The summed E-state index contributed by atoms with van der Waals surface area (Å²) in [6, 6.07) is 27.9. The van der Waals surface area contributed by atoms with Crippen molar-refractivity contribution in [1.29, 1.82) is 0 Å². The molecular weight excluding hydrogens is 404 g/mol. The van der Waals surface area contributed by atoms with Crippen LogP contribution in [-0.2, 0) is 17.8 Å². The standard InChI is InChI=1S/C27H27ClN2O/c28-24-16-14-23(15-17-24)26-13-7-8-18-29-25(19-21-9-3-1-4-10-21)27(31)30(26)20-22-11-5-2-6-12-22/h1-12,14-17,25-26,29H,13,18-20H2/t25-,26-/m0/s1. The third-order valence-electron chi connectivity index (χ3n) is 5.70. The summed E-state index contributed by atoms with van der Waals surface area (Å²) in [7, 11) is 0. The molecule has 1 heterocycles. The molecule has 1 aliphatic rings. The quantitative estimate of drug-likeness (QED) is 0.536. The summed E-state index contributed by atoms with van der Waals surface area (Å²) in [6.07, 6.45) is 5.72. The van der Waals surface area contributed by atoms with Crippen LogP contribution in [0.15, 0.2) is 97.1 Å². The van der Waals surface area contributed by atoms with Crippen molar-refractivity contribution in [1.82, 2.24) is 10.2 Å². The van der Waals surface area contributed by atoms with Gasteiger partial charge in [0.25, 0.3) is 0 Å². The van der Waals surface area contributed by atoms with Gasteiger partial charge < -0.3 is 10.2 Å². The maximum Gasteiger partial charge on any atom is 0.240 e. The second kappa shape index (κ2) is 10.4. The smallest absolute Gasteiger partial charge is 0.240 e. The van der Waals surface area contributed by atoms with Crippen molar-refractivity contribution in [2.45, 2.75) is 31.5 Å². The second-order valence-corrected chi connectivity index (χ2v) is 8.31. The summed E-state index contributed by atoms with van der Waals surface area (Å²) >= 11 is 6.14. The first-order valence-electron chi connectivity index (χ1n) is 10.7. The Morgan fingerprint density at radius 3 is 2.16 bits per heavy atom. The fourth-order valence-electron chi connectivity index (χ4n) is 4.07. The third kappa shape index (κ3) is 5.63. The Bertz CT molecular complexity index is 1000. The predicted octanol–water partition coefficient (Wildman–Crippen LogP) is 5.57. The minimum absolute atomic E-state index is 0.0561. The number of nitrogens with one attached hydrogen (secondary N) is 1. The van der Waals surface area contributed by atoms with E-state index in [1.807, 2.05) is 65.6 Å². The summed E-state index contributed by atoms with van der Waals surface area (Å²) in [4.78, 5) is 15.9. The molecule has 31 heavy (non-hydrogen) atoms. The van der Waals surface area contributed by atoms with E-state index in [-0.39, 0.29) is 18.0 Å². The van der Waals surface area contributed by atoms with E-state index in [0.717, 1.165) is 23.1 Å². The third-order valence-corrected chi connectivity index (χ3v) is 5.95. The molecule has 0 unspecified atom stereocenters. The molecule has 0 saturated heterocycles. The van der Waals surface area contributed by atoms with E-state index in [9.17, 15) is 4.79 Å². The molecule has 3 nitrogen and oxygen atoms in total. The van der Waals surface area contributed by atoms with Crippen LogP contribution in [0.4, 0.5) is 0 Å². The van der Waals surface area contributed by atoms with Gasteiger partial charge in [-0.3, -0.25) is 4.79 Å². The Morgan fingerprint density at radius 2 is 1.48 bits per heavy atom. The number of carbonyl (C=O) groups excluding carboxylic acids is 1. The summed E-state index contributed by atoms with van der Waals surface area (Å²) in [5.41, 5.74) is 3.37. The summed E-state index contributed by atoms with van der Waals surface area (Å²) in [5, 5.41) is 4.16. The zero-order valence-electron chi connectivity index (χ0n) is 17.5. The van der Waals surface area contributed by atoms with Crippen molar-refractivity contribution in [2.75, 3.05) is 6.54 Å². The summed E-state index contributed by atoms with van der Waals surface area (Å²) in [6.45, 7) is 1.24. The first-order valence-corrected chi connectivity index (χ1v) is 11.1. The van der Waals surface area contributed by atoms with Crippen LogP contribution in [0, 0.1) is 0 Å². The van der Waals surface area contributed by atoms with Gasteiger partial charge in [0.05, 0.1) is 12.1 Å². The van der Waals surface area contributed by atoms with Crippen molar-refractivity contribution in [2.24, 2.45) is 0 Å². The maximum atomic E-state index is 13.9. The van der Waals surface area contributed by atoms with E-state index in [4.69, 9.17) is 11.6 Å². The molecule has 0 radical (unpaired) electrons. The molecule has 0 aromatic heterocycles. The average Bonchev–Trinajstić information content (AvgIpc) is 2.87. The molecule has 0 bridgehead atoms. The Morgan fingerprint density at radius 1 is 0.839 bits per heavy atom. The first-order chi connectivity index (χ1) is 15.2. The average molecular weight is 431 g/mol. The molecule has 0 saturated carbocycles. The number of rotatable bonds is 5. The SMILES string of the molecule is O=C1[C@H](Cc2ccccc2)NCC=CC[C@@H](c2ccc(Cl)cc2)N1Cc1ccccc1. The Balaban J connectivity index is 1.70. The number of hydrogen-bond acceptors (Lipinski definition) is 2. The van der Waals surface area contributed by atoms with Gasteiger partial charge in [-0.1, -0.05) is 96.5 Å². The molecule has 158 valence electrons. The lowest BCUT2D eigenvalue weighted by Gasteiger charge is -2.34. The molecule has 0 spiro atoms. The highest BCUT2D eigenvalue weighted by atomic mass is 35.5. The second-order valence-electron chi connectivity index (χ2n) is 7.88. The van der Waals surface area contributed by atoms with Crippen molar-refractivity contribution in [3.63, 3.8) is 0 Å². The molecule has 1 N–H and O–H groups in total. The largest absolute Gasteiger partial charge is 0.330 e. The molecule has 1 aliphatic heterocycles. The van der Waals surface area contributed by atoms with E-state index in [1.165, 1.54) is 0 Å². The normalized spacial score (nSPS) is 19.5. The van der Waals surface area contributed by atoms with E-state index in [2.05, 4.69) is 41.7 Å². The van der Waals surface area contributed by atoms with E-state index >= 15 is 0 Å². The van der Waals surface area contributed by atoms with Crippen LogP contribution in [0.2, 0.25) is 5.02 Å². The van der Waals surface area contributed by atoms with Gasteiger partial charge in [0.1, 0.15) is 0 Å². The van der Waals surface area contributed by atoms with Gasteiger partial charge in [-0.2, -0.15) is 0 Å². The van der Waals surface area contributed by atoms with Crippen LogP contribution in [0.5, 0.6) is 0 Å². The molecule has 2 atom stereocenters. The molecule has 4 heteroatoms. The van der Waals surface area contributed by atoms with Crippen molar-refractivity contribution < 1.29 is 4.79 Å².